The first-order chi connectivity index (χ1) is 15.4. The molecule has 0 aromatic carbocycles. The van der Waals surface area contributed by atoms with Crippen LogP contribution in [0.15, 0.2) is 51.9 Å². The molecule has 3 aromatic heterocycles. The Hall–Kier alpha value is -3.17. The predicted molar refractivity (Wildman–Crippen MR) is 123 cm³/mol. The van der Waals surface area contributed by atoms with Gasteiger partial charge in [0.05, 0.1) is 17.3 Å². The smallest absolute Gasteiger partial charge is 0.332 e. The fourth-order valence-corrected chi connectivity index (χ4v) is 3.39. The molecule has 0 unspecified atom stereocenters. The van der Waals surface area contributed by atoms with Gasteiger partial charge in [-0.3, -0.25) is 23.5 Å². The van der Waals surface area contributed by atoms with Crippen molar-refractivity contribution in [3.8, 4) is 6.01 Å². The van der Waals surface area contributed by atoms with Crippen molar-refractivity contribution in [3.63, 3.8) is 0 Å². The Morgan fingerprint density at radius 2 is 2.06 bits per heavy atom. The van der Waals surface area contributed by atoms with Crippen LogP contribution in [0, 0.1) is 0 Å². The number of rotatable bonds is 9. The molecule has 0 aliphatic carbocycles. The van der Waals surface area contributed by atoms with E-state index < -0.39 is 11.2 Å². The molecule has 32 heavy (non-hydrogen) atoms. The molecular formula is C22H26ClN5O4. The van der Waals surface area contributed by atoms with Crippen molar-refractivity contribution in [1.82, 2.24) is 23.7 Å². The quantitative estimate of drug-likeness (QED) is 0.389. The normalized spacial score (nSPS) is 12.2. The first-order valence-corrected chi connectivity index (χ1v) is 10.7. The van der Waals surface area contributed by atoms with Gasteiger partial charge >= 0.3 is 11.7 Å². The highest BCUT2D eigenvalue weighted by atomic mass is 35.5. The van der Waals surface area contributed by atoms with E-state index in [4.69, 9.17) is 16.3 Å². The SMILES string of the molecule is C/C=C\C(=C/CC)Oc1nc2c(c(=O)n(CCCO)c(=O)n2C)n1Cc1ccc(Cl)cn1. The van der Waals surface area contributed by atoms with Crippen LogP contribution in [0.3, 0.4) is 0 Å². The zero-order chi connectivity index (χ0) is 23.3. The minimum atomic E-state index is -0.505. The molecule has 9 nitrogen and oxygen atoms in total. The lowest BCUT2D eigenvalue weighted by atomic mass is 10.3. The van der Waals surface area contributed by atoms with E-state index in [9.17, 15) is 14.7 Å². The van der Waals surface area contributed by atoms with Crippen LogP contribution in [0.5, 0.6) is 6.01 Å². The molecular weight excluding hydrogens is 434 g/mol. The molecule has 0 spiro atoms. The Balaban J connectivity index is 2.26. The van der Waals surface area contributed by atoms with Crippen molar-refractivity contribution in [3.05, 3.63) is 73.9 Å². The third-order valence-electron chi connectivity index (χ3n) is 4.79. The molecule has 3 heterocycles. The van der Waals surface area contributed by atoms with Gasteiger partial charge in [-0.25, -0.2) is 4.79 Å². The topological polar surface area (TPSA) is 104 Å². The molecule has 0 aliphatic rings. The molecule has 0 saturated carbocycles. The first-order valence-electron chi connectivity index (χ1n) is 10.3. The fraction of sp³-hybridized carbons (Fsp3) is 0.364. The number of hydrogen-bond acceptors (Lipinski definition) is 6. The summed E-state index contributed by atoms with van der Waals surface area (Å²) in [6.07, 6.45) is 8.07. The van der Waals surface area contributed by atoms with E-state index in [1.165, 1.54) is 10.8 Å². The Labute approximate surface area is 189 Å². The van der Waals surface area contributed by atoms with E-state index in [0.717, 1.165) is 11.0 Å². The number of fused-ring (bicyclic) bond motifs is 1. The van der Waals surface area contributed by atoms with Crippen molar-refractivity contribution < 1.29 is 9.84 Å². The van der Waals surface area contributed by atoms with Crippen molar-refractivity contribution in [2.24, 2.45) is 7.05 Å². The van der Waals surface area contributed by atoms with Crippen molar-refractivity contribution in [1.29, 1.82) is 0 Å². The van der Waals surface area contributed by atoms with Crippen LogP contribution in [-0.4, -0.2) is 35.4 Å². The van der Waals surface area contributed by atoms with Crippen LogP contribution in [0.25, 0.3) is 11.2 Å². The third-order valence-corrected chi connectivity index (χ3v) is 5.01. The van der Waals surface area contributed by atoms with Gasteiger partial charge in [0.25, 0.3) is 5.56 Å². The molecule has 0 atom stereocenters. The van der Waals surface area contributed by atoms with Crippen LogP contribution in [-0.2, 0) is 20.1 Å². The van der Waals surface area contributed by atoms with Gasteiger partial charge in [-0.05, 0) is 44.1 Å². The molecule has 0 saturated heterocycles. The maximum absolute atomic E-state index is 13.3. The lowest BCUT2D eigenvalue weighted by Crippen LogP contribution is -2.40. The summed E-state index contributed by atoms with van der Waals surface area (Å²) in [6.45, 7) is 4.00. The highest BCUT2D eigenvalue weighted by molar-refractivity contribution is 6.30. The van der Waals surface area contributed by atoms with Gasteiger partial charge < -0.3 is 9.84 Å². The number of pyridine rings is 1. The largest absolute Gasteiger partial charge is 0.426 e. The summed E-state index contributed by atoms with van der Waals surface area (Å²) in [6, 6.07) is 3.63. The molecule has 0 fully saturated rings. The molecule has 10 heteroatoms. The lowest BCUT2D eigenvalue weighted by molar-refractivity contribution is 0.277. The number of aliphatic hydroxyl groups is 1. The first kappa shape index (κ1) is 23.5. The van der Waals surface area contributed by atoms with Gasteiger partial charge in [-0.1, -0.05) is 24.6 Å². The van der Waals surface area contributed by atoms with E-state index in [1.807, 2.05) is 26.0 Å². The second kappa shape index (κ2) is 10.4. The Bertz CT molecular complexity index is 1270. The van der Waals surface area contributed by atoms with Crippen LogP contribution >= 0.6 is 11.6 Å². The minimum Gasteiger partial charge on any atom is -0.426 e. The molecule has 0 aliphatic heterocycles. The summed E-state index contributed by atoms with van der Waals surface area (Å²) in [7, 11) is 1.55. The Morgan fingerprint density at radius 1 is 1.28 bits per heavy atom. The van der Waals surface area contributed by atoms with Gasteiger partial charge in [0.15, 0.2) is 11.2 Å². The van der Waals surface area contributed by atoms with Gasteiger partial charge in [-0.2, -0.15) is 4.98 Å². The highest BCUT2D eigenvalue weighted by Crippen LogP contribution is 2.22. The van der Waals surface area contributed by atoms with Crippen molar-refractivity contribution in [2.75, 3.05) is 6.61 Å². The molecule has 170 valence electrons. The van der Waals surface area contributed by atoms with Crippen LogP contribution in [0.1, 0.15) is 32.4 Å². The number of hydrogen-bond donors (Lipinski definition) is 1. The maximum Gasteiger partial charge on any atom is 0.332 e. The summed E-state index contributed by atoms with van der Waals surface area (Å²) >= 11 is 5.96. The fourth-order valence-electron chi connectivity index (χ4n) is 3.28. The lowest BCUT2D eigenvalue weighted by Gasteiger charge is -2.11. The Morgan fingerprint density at radius 3 is 2.69 bits per heavy atom. The third kappa shape index (κ3) is 4.84. The molecule has 1 N–H and O–H groups in total. The summed E-state index contributed by atoms with van der Waals surface area (Å²) < 4.78 is 10.1. The number of aromatic nitrogens is 5. The van der Waals surface area contributed by atoms with Gasteiger partial charge in [0, 0.05) is 26.4 Å². The van der Waals surface area contributed by atoms with Crippen molar-refractivity contribution >= 4 is 22.8 Å². The second-order valence-corrected chi connectivity index (χ2v) is 7.55. The van der Waals surface area contributed by atoms with E-state index in [2.05, 4.69) is 9.97 Å². The van der Waals surface area contributed by atoms with E-state index in [-0.39, 0.29) is 43.3 Å². The average molecular weight is 460 g/mol. The number of aryl methyl sites for hydroxylation is 1. The summed E-state index contributed by atoms with van der Waals surface area (Å²) in [5, 5.41) is 9.67. The van der Waals surface area contributed by atoms with Gasteiger partial charge in [0.2, 0.25) is 0 Å². The van der Waals surface area contributed by atoms with E-state index >= 15 is 0 Å². The molecule has 3 rings (SSSR count). The minimum absolute atomic E-state index is 0.0953. The molecule has 3 aromatic rings. The van der Waals surface area contributed by atoms with Crippen molar-refractivity contribution in [2.45, 2.75) is 39.8 Å². The summed E-state index contributed by atoms with van der Waals surface area (Å²) in [5.74, 6) is 0.571. The van der Waals surface area contributed by atoms with Crippen LogP contribution in [0.4, 0.5) is 0 Å². The van der Waals surface area contributed by atoms with Gasteiger partial charge in [-0.15, -0.1) is 0 Å². The van der Waals surface area contributed by atoms with Gasteiger partial charge in [0.1, 0.15) is 5.76 Å². The number of allylic oxidation sites excluding steroid dienone is 3. The monoisotopic (exact) mass is 459 g/mol. The van der Waals surface area contributed by atoms with E-state index in [1.54, 1.807) is 29.8 Å². The zero-order valence-corrected chi connectivity index (χ0v) is 19.0. The zero-order valence-electron chi connectivity index (χ0n) is 18.3. The summed E-state index contributed by atoms with van der Waals surface area (Å²) in [4.78, 5) is 34.9. The maximum atomic E-state index is 13.3. The number of halogens is 1. The summed E-state index contributed by atoms with van der Waals surface area (Å²) in [5.41, 5.74) is 0.0592. The molecule has 0 amide bonds. The number of nitrogens with zero attached hydrogens (tertiary/aromatic N) is 5. The van der Waals surface area contributed by atoms with Crippen LogP contribution in [0.2, 0.25) is 5.02 Å². The van der Waals surface area contributed by atoms with Crippen LogP contribution < -0.4 is 16.0 Å². The molecule has 0 bridgehead atoms. The number of imidazole rings is 1. The van der Waals surface area contributed by atoms with E-state index in [0.29, 0.717) is 16.5 Å². The molecule has 0 radical (unpaired) electrons. The standard InChI is InChI=1S/C22H26ClN5O4/c1-4-7-17(8-5-2)32-21-25-19-18(28(21)14-16-10-9-15(23)13-24-16)20(30)27(11-6-12-29)22(31)26(19)3/h4,7-10,13,29H,5-6,11-12,14H2,1-3H3/b7-4-,17-8+. The second-order valence-electron chi connectivity index (χ2n) is 7.11. The number of aliphatic hydroxyl groups excluding tert-OH is 1. The highest BCUT2D eigenvalue weighted by Gasteiger charge is 2.22. The Kier molecular flexibility index (Phi) is 7.66. The number of ether oxygens (including phenoxy) is 1. The predicted octanol–water partition coefficient (Wildman–Crippen LogP) is 2.62. The average Bonchev–Trinajstić information content (AvgIpc) is 3.12.